The Bertz CT molecular complexity index is 1300. The highest BCUT2D eigenvalue weighted by atomic mass is 35.5. The lowest BCUT2D eigenvalue weighted by Crippen LogP contribution is -1.98. The van der Waals surface area contributed by atoms with Crippen molar-refractivity contribution in [2.45, 2.75) is 0 Å². The van der Waals surface area contributed by atoms with Crippen molar-refractivity contribution < 1.29 is 19.1 Å². The van der Waals surface area contributed by atoms with Crippen LogP contribution in [0, 0.1) is 0 Å². The Morgan fingerprint density at radius 1 is 0.706 bits per heavy atom. The third kappa shape index (κ3) is 4.23. The van der Waals surface area contributed by atoms with E-state index in [-0.39, 0.29) is 11.8 Å². The molecule has 0 saturated carbocycles. The number of halogens is 2. The van der Waals surface area contributed by atoms with Gasteiger partial charge in [-0.1, -0.05) is 41.4 Å². The number of hydrogen-bond acceptors (Lipinski definition) is 7. The van der Waals surface area contributed by atoms with Crippen LogP contribution in [0.2, 0.25) is 10.0 Å². The van der Waals surface area contributed by atoms with Gasteiger partial charge in [0.1, 0.15) is 0 Å². The summed E-state index contributed by atoms with van der Waals surface area (Å²) in [6.07, 6.45) is 2.94. The molecule has 170 valence electrons. The van der Waals surface area contributed by atoms with E-state index in [9.17, 15) is 9.59 Å². The van der Waals surface area contributed by atoms with Gasteiger partial charge in [-0.2, -0.15) is 0 Å². The van der Waals surface area contributed by atoms with Crippen LogP contribution in [0.4, 0.5) is 0 Å². The number of rotatable bonds is 7. The van der Waals surface area contributed by atoms with Gasteiger partial charge < -0.3 is 9.47 Å². The van der Waals surface area contributed by atoms with Gasteiger partial charge in [0, 0.05) is 22.9 Å². The van der Waals surface area contributed by atoms with Gasteiger partial charge in [0.05, 0.1) is 52.5 Å². The van der Waals surface area contributed by atoms with E-state index < -0.39 is 0 Å². The summed E-state index contributed by atoms with van der Waals surface area (Å²) in [5.74, 6) is 0.395. The molecule has 0 aliphatic rings. The molecule has 0 radical (unpaired) electrons. The maximum absolute atomic E-state index is 11.2. The van der Waals surface area contributed by atoms with Gasteiger partial charge in [0.25, 0.3) is 0 Å². The minimum absolute atomic E-state index is 0.195. The quantitative estimate of drug-likeness (QED) is 0.299. The Hall–Kier alpha value is -3.81. The number of pyridine rings is 3. The molecule has 0 spiro atoms. The van der Waals surface area contributed by atoms with Crippen molar-refractivity contribution in [2.24, 2.45) is 0 Å². The van der Waals surface area contributed by atoms with Crippen LogP contribution < -0.4 is 9.47 Å². The maximum atomic E-state index is 11.2. The van der Waals surface area contributed by atoms with Crippen LogP contribution in [0.5, 0.6) is 11.8 Å². The van der Waals surface area contributed by atoms with Crippen molar-refractivity contribution in [2.75, 3.05) is 14.2 Å². The number of benzene rings is 1. The van der Waals surface area contributed by atoms with Crippen molar-refractivity contribution >= 4 is 35.8 Å². The molecule has 0 amide bonds. The summed E-state index contributed by atoms with van der Waals surface area (Å²) in [4.78, 5) is 35.7. The Balaban J connectivity index is 1.83. The normalized spacial score (nSPS) is 10.6. The van der Waals surface area contributed by atoms with Crippen LogP contribution >= 0.6 is 23.2 Å². The SMILES string of the molecule is COc1nc(-c2cccc(-c3nccc(-c4ccc(C=O)c(OC)n4)c3Cl)c2Cl)ccc1C=O. The third-order valence-electron chi connectivity index (χ3n) is 5.12. The summed E-state index contributed by atoms with van der Waals surface area (Å²) in [6.45, 7) is 0. The average Bonchev–Trinajstić information content (AvgIpc) is 2.88. The number of carbonyl (C=O) groups is 2. The van der Waals surface area contributed by atoms with E-state index in [4.69, 9.17) is 32.7 Å². The summed E-state index contributed by atoms with van der Waals surface area (Å²) in [7, 11) is 2.88. The Labute approximate surface area is 205 Å². The first-order chi connectivity index (χ1) is 16.5. The molecule has 0 unspecified atom stereocenters. The van der Waals surface area contributed by atoms with Gasteiger partial charge in [0.15, 0.2) is 12.6 Å². The smallest absolute Gasteiger partial charge is 0.224 e. The van der Waals surface area contributed by atoms with Crippen LogP contribution in [0.15, 0.2) is 54.7 Å². The average molecular weight is 494 g/mol. The zero-order chi connectivity index (χ0) is 24.2. The van der Waals surface area contributed by atoms with Crippen LogP contribution in [0.1, 0.15) is 20.7 Å². The van der Waals surface area contributed by atoms with Gasteiger partial charge in [-0.15, -0.1) is 0 Å². The van der Waals surface area contributed by atoms with Gasteiger partial charge in [0.2, 0.25) is 11.8 Å². The maximum Gasteiger partial charge on any atom is 0.224 e. The fourth-order valence-electron chi connectivity index (χ4n) is 3.45. The summed E-state index contributed by atoms with van der Waals surface area (Å²) in [5, 5.41) is 0.709. The molecule has 0 atom stereocenters. The second-order valence-corrected chi connectivity index (χ2v) is 7.77. The van der Waals surface area contributed by atoms with E-state index in [0.29, 0.717) is 67.5 Å². The van der Waals surface area contributed by atoms with Gasteiger partial charge in [-0.25, -0.2) is 9.97 Å². The second kappa shape index (κ2) is 9.99. The number of hydrogen-bond donors (Lipinski definition) is 0. The van der Waals surface area contributed by atoms with Crippen molar-refractivity contribution in [1.82, 2.24) is 15.0 Å². The molecule has 4 aromatic rings. The van der Waals surface area contributed by atoms with E-state index in [2.05, 4.69) is 15.0 Å². The van der Waals surface area contributed by atoms with E-state index in [1.165, 1.54) is 14.2 Å². The zero-order valence-electron chi connectivity index (χ0n) is 18.1. The van der Waals surface area contributed by atoms with Crippen LogP contribution in [0.25, 0.3) is 33.8 Å². The monoisotopic (exact) mass is 493 g/mol. The molecular weight excluding hydrogens is 477 g/mol. The predicted molar refractivity (Wildman–Crippen MR) is 130 cm³/mol. The van der Waals surface area contributed by atoms with Gasteiger partial charge >= 0.3 is 0 Å². The molecule has 3 aromatic heterocycles. The number of nitrogens with zero attached hydrogens (tertiary/aromatic N) is 3. The topological polar surface area (TPSA) is 91.3 Å². The third-order valence-corrected chi connectivity index (χ3v) is 5.90. The standard InChI is InChI=1S/C25H17Cl2N3O4/c1-33-24-14(12-31)6-8-19(29-24)16-4-3-5-18(21(16)26)23-22(27)17(10-11-28-23)20-9-7-15(13-32)25(30-20)34-2/h3-13H,1-2H3. The highest BCUT2D eigenvalue weighted by molar-refractivity contribution is 6.39. The number of carbonyl (C=O) groups excluding carboxylic acids is 2. The summed E-state index contributed by atoms with van der Waals surface area (Å²) in [6, 6.07) is 13.7. The lowest BCUT2D eigenvalue weighted by atomic mass is 10.0. The molecule has 34 heavy (non-hydrogen) atoms. The molecular formula is C25H17Cl2N3O4. The number of aldehydes is 2. The van der Waals surface area contributed by atoms with E-state index >= 15 is 0 Å². The summed E-state index contributed by atoms with van der Waals surface area (Å²) < 4.78 is 10.4. The molecule has 4 rings (SSSR count). The molecule has 0 bridgehead atoms. The van der Waals surface area contributed by atoms with Crippen LogP contribution in [-0.2, 0) is 0 Å². The van der Waals surface area contributed by atoms with Crippen molar-refractivity contribution in [3.05, 3.63) is 75.9 Å². The molecule has 9 heteroatoms. The molecule has 0 N–H and O–H groups in total. The van der Waals surface area contributed by atoms with E-state index in [0.717, 1.165) is 0 Å². The number of aromatic nitrogens is 3. The van der Waals surface area contributed by atoms with Crippen LogP contribution in [0.3, 0.4) is 0 Å². The fourth-order valence-corrected chi connectivity index (χ4v) is 4.07. The first-order valence-corrected chi connectivity index (χ1v) is 10.7. The van der Waals surface area contributed by atoms with Crippen molar-refractivity contribution in [3.63, 3.8) is 0 Å². The summed E-state index contributed by atoms with van der Waals surface area (Å²) in [5.41, 5.74) is 3.95. The van der Waals surface area contributed by atoms with Crippen molar-refractivity contribution in [3.8, 4) is 45.5 Å². The van der Waals surface area contributed by atoms with Gasteiger partial charge in [-0.3, -0.25) is 14.6 Å². The minimum Gasteiger partial charge on any atom is -0.480 e. The van der Waals surface area contributed by atoms with E-state index in [1.807, 2.05) is 6.07 Å². The highest BCUT2D eigenvalue weighted by Crippen LogP contribution is 2.41. The van der Waals surface area contributed by atoms with Gasteiger partial charge in [-0.05, 0) is 30.3 Å². The minimum atomic E-state index is 0.195. The Kier molecular flexibility index (Phi) is 6.86. The predicted octanol–water partition coefficient (Wildman–Crippen LogP) is 5.82. The molecule has 0 fully saturated rings. The molecule has 0 saturated heterocycles. The zero-order valence-corrected chi connectivity index (χ0v) is 19.6. The summed E-state index contributed by atoms with van der Waals surface area (Å²) >= 11 is 13.5. The Morgan fingerprint density at radius 3 is 1.76 bits per heavy atom. The lowest BCUT2D eigenvalue weighted by molar-refractivity contribution is 0.111. The number of ether oxygens (including phenoxy) is 2. The molecule has 3 heterocycles. The largest absolute Gasteiger partial charge is 0.480 e. The molecule has 0 aliphatic heterocycles. The first-order valence-electron chi connectivity index (χ1n) is 9.97. The highest BCUT2D eigenvalue weighted by Gasteiger charge is 2.19. The molecule has 1 aromatic carbocycles. The van der Waals surface area contributed by atoms with E-state index in [1.54, 1.807) is 48.7 Å². The fraction of sp³-hybridized carbons (Fsp3) is 0.0800. The second-order valence-electron chi connectivity index (χ2n) is 7.01. The van der Waals surface area contributed by atoms with Crippen LogP contribution in [-0.4, -0.2) is 41.7 Å². The lowest BCUT2D eigenvalue weighted by Gasteiger charge is -2.13. The Morgan fingerprint density at radius 2 is 1.24 bits per heavy atom. The molecule has 0 aliphatic carbocycles. The number of methoxy groups -OCH3 is 2. The van der Waals surface area contributed by atoms with Crippen molar-refractivity contribution in [1.29, 1.82) is 0 Å². The molecule has 7 nitrogen and oxygen atoms in total. The first kappa shape index (κ1) is 23.4.